The maximum Gasteiger partial charge on any atom is 0.330 e. The monoisotopic (exact) mass is 356 g/mol. The summed E-state index contributed by atoms with van der Waals surface area (Å²) in [6.45, 7) is 4.06. The summed E-state index contributed by atoms with van der Waals surface area (Å²) in [6.07, 6.45) is 1.96. The van der Waals surface area contributed by atoms with Gasteiger partial charge in [-0.15, -0.1) is 0 Å². The minimum absolute atomic E-state index is 0.359. The van der Waals surface area contributed by atoms with Crippen LogP contribution in [-0.4, -0.2) is 60.6 Å². The standard InChI is InChI=1S/C17H24O8/c1-10(23-11(2)18)13(24-12(3)19)8-9-14(22-4)17(21)15-6-5-7-16(20)25-15/h5,7-10,13-15,17,21H,6H2,1-4H3/b9-8+/t10-,13+,14-,15+,17-/m1/s1. The molecule has 1 aliphatic rings. The smallest absolute Gasteiger partial charge is 0.330 e. The van der Waals surface area contributed by atoms with Crippen LogP contribution in [0.4, 0.5) is 0 Å². The zero-order chi connectivity index (χ0) is 19.0. The molecule has 25 heavy (non-hydrogen) atoms. The maximum absolute atomic E-state index is 11.3. The van der Waals surface area contributed by atoms with Crippen molar-refractivity contribution >= 4 is 17.9 Å². The molecule has 1 aliphatic heterocycles. The Balaban J connectivity index is 2.82. The Hall–Kier alpha value is -2.19. The number of hydrogen-bond acceptors (Lipinski definition) is 8. The van der Waals surface area contributed by atoms with Gasteiger partial charge in [0.15, 0.2) is 6.10 Å². The van der Waals surface area contributed by atoms with Gasteiger partial charge in [0.25, 0.3) is 0 Å². The third-order valence-corrected chi connectivity index (χ3v) is 3.49. The lowest BCUT2D eigenvalue weighted by Gasteiger charge is -2.28. The van der Waals surface area contributed by atoms with E-state index >= 15 is 0 Å². The fraction of sp³-hybridized carbons (Fsp3) is 0.588. The quantitative estimate of drug-likeness (QED) is 0.384. The van der Waals surface area contributed by atoms with Gasteiger partial charge in [-0.2, -0.15) is 0 Å². The molecule has 0 aromatic heterocycles. The molecule has 0 bridgehead atoms. The second-order valence-corrected chi connectivity index (χ2v) is 5.58. The summed E-state index contributed by atoms with van der Waals surface area (Å²) in [4.78, 5) is 33.6. The van der Waals surface area contributed by atoms with Gasteiger partial charge >= 0.3 is 17.9 Å². The van der Waals surface area contributed by atoms with E-state index in [1.54, 1.807) is 13.0 Å². The van der Waals surface area contributed by atoms with Crippen molar-refractivity contribution in [3.63, 3.8) is 0 Å². The molecule has 0 spiro atoms. The van der Waals surface area contributed by atoms with Crippen LogP contribution in [0.5, 0.6) is 0 Å². The average Bonchev–Trinajstić information content (AvgIpc) is 2.53. The SMILES string of the molecule is CO[C@H](/C=C/[C@H](OC(C)=O)[C@@H](C)OC(C)=O)[C@@H](O)[C@@H]1CC=CC(=O)O1. The molecule has 8 heteroatoms. The molecule has 1 heterocycles. The van der Waals surface area contributed by atoms with Crippen LogP contribution in [0.1, 0.15) is 27.2 Å². The first-order valence-corrected chi connectivity index (χ1v) is 7.85. The van der Waals surface area contributed by atoms with Crippen LogP contribution >= 0.6 is 0 Å². The molecule has 0 saturated heterocycles. The second kappa shape index (κ2) is 9.95. The molecule has 140 valence electrons. The summed E-state index contributed by atoms with van der Waals surface area (Å²) >= 11 is 0. The van der Waals surface area contributed by atoms with Crippen molar-refractivity contribution in [1.29, 1.82) is 0 Å². The van der Waals surface area contributed by atoms with Gasteiger partial charge in [-0.3, -0.25) is 9.59 Å². The van der Waals surface area contributed by atoms with Gasteiger partial charge in [-0.25, -0.2) is 4.79 Å². The Morgan fingerprint density at radius 1 is 1.24 bits per heavy atom. The molecule has 8 nitrogen and oxygen atoms in total. The fourth-order valence-corrected chi connectivity index (χ4v) is 2.32. The number of ether oxygens (including phenoxy) is 4. The van der Waals surface area contributed by atoms with E-state index in [1.165, 1.54) is 39.2 Å². The number of methoxy groups -OCH3 is 1. The molecule has 0 radical (unpaired) electrons. The highest BCUT2D eigenvalue weighted by Crippen LogP contribution is 2.17. The molecule has 0 amide bonds. The molecule has 0 saturated carbocycles. The van der Waals surface area contributed by atoms with Gasteiger partial charge in [0.05, 0.1) is 0 Å². The number of rotatable bonds is 8. The third-order valence-electron chi connectivity index (χ3n) is 3.49. The Labute approximate surface area is 146 Å². The van der Waals surface area contributed by atoms with E-state index in [9.17, 15) is 19.5 Å². The highest BCUT2D eigenvalue weighted by molar-refractivity contribution is 5.82. The van der Waals surface area contributed by atoms with Gasteiger partial charge in [0.2, 0.25) is 0 Å². The number of cyclic esters (lactones) is 1. The van der Waals surface area contributed by atoms with Crippen LogP contribution in [0.25, 0.3) is 0 Å². The molecule has 0 aliphatic carbocycles. The molecule has 0 fully saturated rings. The molecule has 1 rings (SSSR count). The van der Waals surface area contributed by atoms with Crippen molar-refractivity contribution in [3.8, 4) is 0 Å². The molecular weight excluding hydrogens is 332 g/mol. The fourth-order valence-electron chi connectivity index (χ4n) is 2.32. The van der Waals surface area contributed by atoms with Crippen molar-refractivity contribution in [3.05, 3.63) is 24.3 Å². The first kappa shape index (κ1) is 20.9. The lowest BCUT2D eigenvalue weighted by Crippen LogP contribution is -2.41. The molecule has 0 aromatic carbocycles. The van der Waals surface area contributed by atoms with Crippen LogP contribution in [0, 0.1) is 0 Å². The number of esters is 3. The third kappa shape index (κ3) is 7.06. The van der Waals surface area contributed by atoms with E-state index in [-0.39, 0.29) is 0 Å². The summed E-state index contributed by atoms with van der Waals surface area (Å²) in [6, 6.07) is 0. The summed E-state index contributed by atoms with van der Waals surface area (Å²) in [5.41, 5.74) is 0. The van der Waals surface area contributed by atoms with Gasteiger partial charge in [-0.05, 0) is 13.0 Å². The number of aliphatic hydroxyl groups excluding tert-OH is 1. The van der Waals surface area contributed by atoms with Gasteiger partial charge in [0, 0.05) is 33.5 Å². The normalized spacial score (nSPS) is 22.0. The topological polar surface area (TPSA) is 108 Å². The summed E-state index contributed by atoms with van der Waals surface area (Å²) in [5, 5.41) is 10.3. The second-order valence-electron chi connectivity index (χ2n) is 5.58. The number of carbonyl (C=O) groups is 3. The first-order valence-electron chi connectivity index (χ1n) is 7.85. The predicted octanol–water partition coefficient (Wildman–Crippen LogP) is 0.673. The zero-order valence-corrected chi connectivity index (χ0v) is 14.7. The number of aliphatic hydroxyl groups is 1. The van der Waals surface area contributed by atoms with E-state index in [4.69, 9.17) is 18.9 Å². The van der Waals surface area contributed by atoms with Crippen LogP contribution in [0.15, 0.2) is 24.3 Å². The summed E-state index contributed by atoms with van der Waals surface area (Å²) < 4.78 is 20.4. The molecule has 5 atom stereocenters. The van der Waals surface area contributed by atoms with Crippen molar-refractivity contribution in [2.45, 2.75) is 57.7 Å². The summed E-state index contributed by atoms with van der Waals surface area (Å²) in [7, 11) is 1.38. The Morgan fingerprint density at radius 3 is 2.36 bits per heavy atom. The molecular formula is C17H24O8. The van der Waals surface area contributed by atoms with Crippen LogP contribution in [-0.2, 0) is 33.3 Å². The zero-order valence-electron chi connectivity index (χ0n) is 14.7. The Kier molecular flexibility index (Phi) is 8.30. The van der Waals surface area contributed by atoms with Crippen molar-refractivity contribution in [1.82, 2.24) is 0 Å². The van der Waals surface area contributed by atoms with Crippen LogP contribution in [0.3, 0.4) is 0 Å². The van der Waals surface area contributed by atoms with Gasteiger partial charge in [-0.1, -0.05) is 12.2 Å². The van der Waals surface area contributed by atoms with E-state index in [0.29, 0.717) is 6.42 Å². The molecule has 1 N–H and O–H groups in total. The van der Waals surface area contributed by atoms with Crippen molar-refractivity contribution in [2.24, 2.45) is 0 Å². The lowest BCUT2D eigenvalue weighted by atomic mass is 10.0. The van der Waals surface area contributed by atoms with E-state index in [1.807, 2.05) is 0 Å². The molecule has 0 unspecified atom stereocenters. The number of hydrogen-bond donors (Lipinski definition) is 1. The highest BCUT2D eigenvalue weighted by atomic mass is 16.6. The average molecular weight is 356 g/mol. The van der Waals surface area contributed by atoms with Gasteiger partial charge < -0.3 is 24.1 Å². The van der Waals surface area contributed by atoms with Crippen molar-refractivity contribution in [2.75, 3.05) is 7.11 Å². The van der Waals surface area contributed by atoms with Crippen LogP contribution in [0.2, 0.25) is 0 Å². The minimum Gasteiger partial charge on any atom is -0.459 e. The Morgan fingerprint density at radius 2 is 1.84 bits per heavy atom. The van der Waals surface area contributed by atoms with E-state index in [0.717, 1.165) is 0 Å². The molecule has 0 aromatic rings. The van der Waals surface area contributed by atoms with Crippen LogP contribution < -0.4 is 0 Å². The first-order chi connectivity index (χ1) is 11.7. The predicted molar refractivity (Wildman–Crippen MR) is 86.4 cm³/mol. The lowest BCUT2D eigenvalue weighted by molar-refractivity contribution is -0.160. The largest absolute Gasteiger partial charge is 0.459 e. The van der Waals surface area contributed by atoms with E-state index < -0.39 is 48.4 Å². The van der Waals surface area contributed by atoms with Gasteiger partial charge in [0.1, 0.15) is 24.4 Å². The number of carbonyl (C=O) groups excluding carboxylic acids is 3. The maximum atomic E-state index is 11.3. The van der Waals surface area contributed by atoms with E-state index in [2.05, 4.69) is 0 Å². The minimum atomic E-state index is -1.11. The highest BCUT2D eigenvalue weighted by Gasteiger charge is 2.30. The van der Waals surface area contributed by atoms with Crippen molar-refractivity contribution < 1.29 is 38.4 Å². The Bertz CT molecular complexity index is 539. The summed E-state index contributed by atoms with van der Waals surface area (Å²) in [5.74, 6) is -1.59.